The first-order chi connectivity index (χ1) is 13.0. The number of urea groups is 1. The molecule has 0 aliphatic carbocycles. The zero-order valence-electron chi connectivity index (χ0n) is 16.1. The van der Waals surface area contributed by atoms with Gasteiger partial charge in [0.05, 0.1) is 18.1 Å². The number of hydrogen-bond donors (Lipinski definition) is 2. The molecule has 2 amide bonds. The summed E-state index contributed by atoms with van der Waals surface area (Å²) >= 11 is 0. The first kappa shape index (κ1) is 18.7. The Morgan fingerprint density at radius 1 is 1.22 bits per heavy atom. The minimum Gasteiger partial charge on any atom is -0.497 e. The molecule has 9 heteroatoms. The molecule has 3 rings (SSSR count). The molecule has 0 radical (unpaired) electrons. The van der Waals surface area contributed by atoms with Gasteiger partial charge in [-0.15, -0.1) is 10.2 Å². The van der Waals surface area contributed by atoms with Crippen molar-refractivity contribution in [1.29, 1.82) is 0 Å². The quantitative estimate of drug-likeness (QED) is 0.617. The van der Waals surface area contributed by atoms with E-state index in [1.807, 2.05) is 29.5 Å². The maximum Gasteiger partial charge on any atom is 0.316 e. The number of fused-ring (bicyclic) bond motifs is 3. The molecule has 0 aliphatic rings. The lowest BCUT2D eigenvalue weighted by atomic mass is 10.2. The van der Waals surface area contributed by atoms with Crippen LogP contribution < -0.4 is 15.4 Å². The second-order valence-electron chi connectivity index (χ2n) is 6.48. The molecule has 2 N–H and O–H groups in total. The van der Waals surface area contributed by atoms with Gasteiger partial charge < -0.3 is 20.3 Å². The van der Waals surface area contributed by atoms with Crippen LogP contribution >= 0.6 is 0 Å². The van der Waals surface area contributed by atoms with E-state index in [-0.39, 0.29) is 6.03 Å². The van der Waals surface area contributed by atoms with Crippen LogP contribution in [-0.4, -0.2) is 64.8 Å². The first-order valence-corrected chi connectivity index (χ1v) is 8.89. The topological polar surface area (TPSA) is 96.7 Å². The Labute approximate surface area is 157 Å². The van der Waals surface area contributed by atoms with E-state index in [9.17, 15) is 4.79 Å². The van der Waals surface area contributed by atoms with Gasteiger partial charge in [-0.25, -0.2) is 9.78 Å². The molecule has 0 spiro atoms. The summed E-state index contributed by atoms with van der Waals surface area (Å²) in [6.07, 6.45) is 1.76. The third kappa shape index (κ3) is 4.02. The van der Waals surface area contributed by atoms with E-state index < -0.39 is 0 Å². The Balaban J connectivity index is 1.71. The van der Waals surface area contributed by atoms with Crippen LogP contribution in [0.25, 0.3) is 16.7 Å². The van der Waals surface area contributed by atoms with Crippen molar-refractivity contribution in [2.75, 3.05) is 39.6 Å². The molecular weight excluding hydrogens is 346 g/mol. The van der Waals surface area contributed by atoms with Crippen molar-refractivity contribution in [3.8, 4) is 5.75 Å². The second-order valence-corrected chi connectivity index (χ2v) is 6.48. The second kappa shape index (κ2) is 8.07. The van der Waals surface area contributed by atoms with Crippen LogP contribution in [-0.2, 0) is 0 Å². The molecule has 2 aromatic heterocycles. The molecule has 144 valence electrons. The fraction of sp³-hybridized carbons (Fsp3) is 0.444. The number of methoxy groups -OCH3 is 1. The maximum atomic E-state index is 11.5. The third-order valence-electron chi connectivity index (χ3n) is 4.27. The average Bonchev–Trinajstić information content (AvgIpc) is 3.05. The molecule has 0 aliphatic heterocycles. The molecule has 0 fully saturated rings. The van der Waals surface area contributed by atoms with Gasteiger partial charge >= 0.3 is 6.03 Å². The highest BCUT2D eigenvalue weighted by atomic mass is 16.5. The van der Waals surface area contributed by atoms with E-state index in [1.54, 1.807) is 21.2 Å². The minimum atomic E-state index is -0.0752. The fourth-order valence-corrected chi connectivity index (χ4v) is 2.81. The van der Waals surface area contributed by atoms with Crippen LogP contribution in [0.3, 0.4) is 0 Å². The number of nitrogens with one attached hydrogen (secondary N) is 2. The summed E-state index contributed by atoms with van der Waals surface area (Å²) in [5.41, 5.74) is 2.45. The number of ether oxygens (including phenoxy) is 1. The zero-order chi connectivity index (χ0) is 19.4. The Kier molecular flexibility index (Phi) is 5.58. The van der Waals surface area contributed by atoms with Crippen molar-refractivity contribution >= 4 is 28.5 Å². The Bertz CT molecular complexity index is 952. The number of nitrogens with zero attached hydrogens (tertiary/aromatic N) is 5. The summed E-state index contributed by atoms with van der Waals surface area (Å²) < 4.78 is 7.30. The van der Waals surface area contributed by atoms with Gasteiger partial charge in [0, 0.05) is 33.3 Å². The van der Waals surface area contributed by atoms with E-state index in [1.165, 1.54) is 4.90 Å². The number of carbonyl (C=O) groups is 1. The van der Waals surface area contributed by atoms with E-state index in [0.717, 1.165) is 42.0 Å². The summed E-state index contributed by atoms with van der Waals surface area (Å²) in [7, 11) is 5.09. The van der Waals surface area contributed by atoms with E-state index in [2.05, 4.69) is 20.8 Å². The number of unbranched alkanes of at least 4 members (excludes halogenated alkanes) is 1. The summed E-state index contributed by atoms with van der Waals surface area (Å²) in [6.45, 7) is 3.28. The first-order valence-electron chi connectivity index (χ1n) is 8.89. The maximum absolute atomic E-state index is 11.5. The summed E-state index contributed by atoms with van der Waals surface area (Å²) in [5, 5.41) is 14.7. The van der Waals surface area contributed by atoms with Gasteiger partial charge in [-0.05, 0) is 31.9 Å². The van der Waals surface area contributed by atoms with Crippen LogP contribution in [0, 0.1) is 6.92 Å². The summed E-state index contributed by atoms with van der Waals surface area (Å²) in [4.78, 5) is 17.7. The van der Waals surface area contributed by atoms with Crippen molar-refractivity contribution < 1.29 is 9.53 Å². The van der Waals surface area contributed by atoms with E-state index in [0.29, 0.717) is 18.0 Å². The molecule has 0 unspecified atom stereocenters. The summed E-state index contributed by atoms with van der Waals surface area (Å²) in [6, 6.07) is 5.68. The van der Waals surface area contributed by atoms with Crippen molar-refractivity contribution in [1.82, 2.24) is 29.8 Å². The molecule has 1 aromatic carbocycles. The molecule has 0 bridgehead atoms. The highest BCUT2D eigenvalue weighted by Crippen LogP contribution is 2.24. The normalized spacial score (nSPS) is 11.0. The Morgan fingerprint density at radius 3 is 2.74 bits per heavy atom. The predicted octanol–water partition coefficient (Wildman–Crippen LogP) is 2.06. The van der Waals surface area contributed by atoms with Gasteiger partial charge in [-0.2, -0.15) is 0 Å². The van der Waals surface area contributed by atoms with Gasteiger partial charge in [0.2, 0.25) is 5.65 Å². The van der Waals surface area contributed by atoms with Crippen LogP contribution in [0.4, 0.5) is 10.6 Å². The van der Waals surface area contributed by atoms with Crippen LogP contribution in [0.15, 0.2) is 18.2 Å². The smallest absolute Gasteiger partial charge is 0.316 e. The van der Waals surface area contributed by atoms with Crippen LogP contribution in [0.5, 0.6) is 5.75 Å². The van der Waals surface area contributed by atoms with Crippen molar-refractivity contribution in [2.45, 2.75) is 19.8 Å². The number of aryl methyl sites for hydroxylation is 1. The largest absolute Gasteiger partial charge is 0.497 e. The minimum absolute atomic E-state index is 0.0752. The van der Waals surface area contributed by atoms with E-state index >= 15 is 0 Å². The van der Waals surface area contributed by atoms with Crippen molar-refractivity contribution in [3.05, 3.63) is 24.0 Å². The van der Waals surface area contributed by atoms with Crippen LogP contribution in [0.1, 0.15) is 18.7 Å². The number of benzene rings is 1. The molecule has 3 aromatic rings. The molecule has 27 heavy (non-hydrogen) atoms. The number of rotatable bonds is 7. The molecule has 2 heterocycles. The van der Waals surface area contributed by atoms with Crippen molar-refractivity contribution in [2.24, 2.45) is 0 Å². The highest BCUT2D eigenvalue weighted by Gasteiger charge is 2.13. The third-order valence-corrected chi connectivity index (χ3v) is 4.27. The van der Waals surface area contributed by atoms with Gasteiger partial charge in [0.1, 0.15) is 11.6 Å². The molecule has 0 atom stereocenters. The predicted molar refractivity (Wildman–Crippen MR) is 104 cm³/mol. The standard InChI is InChI=1S/C18H25N7O2/c1-12-22-23-17-16(19-9-5-6-10-20-18(26)24(2)3)21-14-11-13(27-4)7-8-15(14)25(12)17/h7-8,11H,5-6,9-10H2,1-4H3,(H,19,21)(H,20,26). The Hall–Kier alpha value is -3.10. The van der Waals surface area contributed by atoms with Gasteiger partial charge in [-0.1, -0.05) is 0 Å². The number of aromatic nitrogens is 4. The number of hydrogen-bond acceptors (Lipinski definition) is 6. The lowest BCUT2D eigenvalue weighted by molar-refractivity contribution is 0.217. The number of carbonyl (C=O) groups excluding carboxylic acids is 1. The summed E-state index contributed by atoms with van der Waals surface area (Å²) in [5.74, 6) is 2.24. The Morgan fingerprint density at radius 2 is 2.00 bits per heavy atom. The number of amides is 2. The van der Waals surface area contributed by atoms with Gasteiger partial charge in [0.25, 0.3) is 0 Å². The molecule has 0 saturated heterocycles. The molecule has 9 nitrogen and oxygen atoms in total. The van der Waals surface area contributed by atoms with E-state index in [4.69, 9.17) is 9.72 Å². The lowest BCUT2D eigenvalue weighted by Crippen LogP contribution is -2.35. The fourth-order valence-electron chi connectivity index (χ4n) is 2.81. The average molecular weight is 371 g/mol. The lowest BCUT2D eigenvalue weighted by Gasteiger charge is -2.12. The monoisotopic (exact) mass is 371 g/mol. The van der Waals surface area contributed by atoms with Crippen molar-refractivity contribution in [3.63, 3.8) is 0 Å². The zero-order valence-corrected chi connectivity index (χ0v) is 16.1. The van der Waals surface area contributed by atoms with Crippen LogP contribution in [0.2, 0.25) is 0 Å². The molecule has 0 saturated carbocycles. The SMILES string of the molecule is COc1ccc2c(c1)nc(NCCCCNC(=O)N(C)C)c1nnc(C)n12. The highest BCUT2D eigenvalue weighted by molar-refractivity contribution is 5.84. The van der Waals surface area contributed by atoms with Gasteiger partial charge in [0.15, 0.2) is 5.82 Å². The van der Waals surface area contributed by atoms with Gasteiger partial charge in [-0.3, -0.25) is 4.40 Å². The number of anilines is 1. The molecular formula is C18H25N7O2.